The van der Waals surface area contributed by atoms with E-state index < -0.39 is 0 Å². The fourth-order valence-corrected chi connectivity index (χ4v) is 4.29. The first-order valence-corrected chi connectivity index (χ1v) is 12.2. The van der Waals surface area contributed by atoms with Gasteiger partial charge in [-0.2, -0.15) is 5.10 Å². The van der Waals surface area contributed by atoms with E-state index in [1.54, 1.807) is 12.4 Å². The Kier molecular flexibility index (Phi) is 6.46. The topological polar surface area (TPSA) is 138 Å². The number of benzene rings is 1. The zero-order chi connectivity index (χ0) is 26.2. The van der Waals surface area contributed by atoms with Crippen LogP contribution in [-0.2, 0) is 12.0 Å². The zero-order valence-corrected chi connectivity index (χ0v) is 21.7. The molecule has 1 aliphatic heterocycles. The summed E-state index contributed by atoms with van der Waals surface area (Å²) in [6.45, 7) is 9.39. The van der Waals surface area contributed by atoms with Crippen LogP contribution in [0.2, 0.25) is 0 Å². The number of amides is 1. The van der Waals surface area contributed by atoms with Crippen molar-refractivity contribution in [1.82, 2.24) is 40.6 Å². The lowest BCUT2D eigenvalue weighted by molar-refractivity contribution is 0.0895. The maximum atomic E-state index is 13.0. The Morgan fingerprint density at radius 3 is 2.78 bits per heavy atom. The monoisotopic (exact) mass is 501 g/mol. The van der Waals surface area contributed by atoms with E-state index in [4.69, 9.17) is 9.40 Å². The van der Waals surface area contributed by atoms with Crippen LogP contribution in [0.3, 0.4) is 0 Å². The molecule has 192 valence electrons. The first-order chi connectivity index (χ1) is 17.7. The zero-order valence-electron chi connectivity index (χ0n) is 21.7. The maximum absolute atomic E-state index is 13.0. The molecule has 37 heavy (non-hydrogen) atoms. The third kappa shape index (κ3) is 5.36. The molecule has 0 aliphatic carbocycles. The minimum atomic E-state index is -0.367. The number of rotatable bonds is 5. The molecule has 1 atom stereocenters. The van der Waals surface area contributed by atoms with Crippen molar-refractivity contribution in [2.45, 2.75) is 52.1 Å². The van der Waals surface area contributed by atoms with Crippen molar-refractivity contribution < 1.29 is 9.21 Å². The molecule has 5 rings (SSSR count). The SMILES string of the molecule is Cc1n[nH]cc1Nc1nccc(-c2ccc3c(c2)CN(C)CC[C@H]3NC(=O)c2nnc(C(C)(C)C)o2)n1. The van der Waals surface area contributed by atoms with E-state index in [1.807, 2.05) is 39.8 Å². The van der Waals surface area contributed by atoms with Gasteiger partial charge in [0, 0.05) is 36.5 Å². The lowest BCUT2D eigenvalue weighted by Crippen LogP contribution is -2.30. The molecule has 0 saturated carbocycles. The summed E-state index contributed by atoms with van der Waals surface area (Å²) in [4.78, 5) is 24.3. The molecule has 1 amide bonds. The molecule has 4 heterocycles. The van der Waals surface area contributed by atoms with E-state index in [-0.39, 0.29) is 23.3 Å². The third-order valence-electron chi connectivity index (χ3n) is 6.35. The Bertz CT molecular complexity index is 1420. The largest absolute Gasteiger partial charge is 0.416 e. The van der Waals surface area contributed by atoms with Crippen molar-refractivity contribution in [3.8, 4) is 11.3 Å². The average Bonchev–Trinajstić information content (AvgIpc) is 3.48. The lowest BCUT2D eigenvalue weighted by atomic mass is 9.96. The number of hydrogen-bond donors (Lipinski definition) is 3. The summed E-state index contributed by atoms with van der Waals surface area (Å²) in [5, 5.41) is 21.3. The summed E-state index contributed by atoms with van der Waals surface area (Å²) in [5.41, 5.74) is 5.31. The van der Waals surface area contributed by atoms with Crippen molar-refractivity contribution in [2.75, 3.05) is 18.9 Å². The van der Waals surface area contributed by atoms with Gasteiger partial charge in [0.15, 0.2) is 0 Å². The minimum Gasteiger partial charge on any atom is -0.416 e. The average molecular weight is 502 g/mol. The Morgan fingerprint density at radius 2 is 2.05 bits per heavy atom. The number of aromatic nitrogens is 6. The highest BCUT2D eigenvalue weighted by Crippen LogP contribution is 2.31. The smallest absolute Gasteiger partial charge is 0.309 e. The Morgan fingerprint density at radius 1 is 1.22 bits per heavy atom. The Balaban J connectivity index is 1.39. The van der Waals surface area contributed by atoms with E-state index in [9.17, 15) is 4.79 Å². The number of nitrogens with one attached hydrogen (secondary N) is 3. The van der Waals surface area contributed by atoms with Crippen molar-refractivity contribution in [1.29, 1.82) is 0 Å². The molecule has 0 spiro atoms. The normalized spacial score (nSPS) is 16.2. The fraction of sp³-hybridized carbons (Fsp3) is 0.385. The van der Waals surface area contributed by atoms with Crippen LogP contribution in [0.5, 0.6) is 0 Å². The van der Waals surface area contributed by atoms with E-state index in [0.29, 0.717) is 11.8 Å². The van der Waals surface area contributed by atoms with Gasteiger partial charge in [-0.05, 0) is 43.7 Å². The second-order valence-electron chi connectivity index (χ2n) is 10.4. The second kappa shape index (κ2) is 9.74. The first kappa shape index (κ1) is 24.6. The van der Waals surface area contributed by atoms with Gasteiger partial charge in [0.05, 0.1) is 23.1 Å². The highest BCUT2D eigenvalue weighted by Gasteiger charge is 2.28. The first-order valence-electron chi connectivity index (χ1n) is 12.2. The van der Waals surface area contributed by atoms with Gasteiger partial charge in [-0.3, -0.25) is 9.89 Å². The molecule has 4 aromatic rings. The molecule has 0 bridgehead atoms. The van der Waals surface area contributed by atoms with Gasteiger partial charge in [-0.15, -0.1) is 10.2 Å². The predicted molar refractivity (Wildman–Crippen MR) is 138 cm³/mol. The van der Waals surface area contributed by atoms with Crippen LogP contribution in [0.25, 0.3) is 11.3 Å². The molecule has 3 aromatic heterocycles. The third-order valence-corrected chi connectivity index (χ3v) is 6.35. The summed E-state index contributed by atoms with van der Waals surface area (Å²) in [7, 11) is 2.08. The van der Waals surface area contributed by atoms with Crippen molar-refractivity contribution in [3.05, 3.63) is 65.3 Å². The van der Waals surface area contributed by atoms with E-state index in [2.05, 4.69) is 60.1 Å². The highest BCUT2D eigenvalue weighted by atomic mass is 16.4. The van der Waals surface area contributed by atoms with Gasteiger partial charge >= 0.3 is 11.8 Å². The summed E-state index contributed by atoms with van der Waals surface area (Å²) >= 11 is 0. The number of fused-ring (bicyclic) bond motifs is 1. The Labute approximate surface area is 215 Å². The number of carbonyl (C=O) groups excluding carboxylic acids is 1. The van der Waals surface area contributed by atoms with Crippen LogP contribution in [0.1, 0.15) is 66.6 Å². The molecule has 0 saturated heterocycles. The van der Waals surface area contributed by atoms with Crippen LogP contribution in [0, 0.1) is 6.92 Å². The fourth-order valence-electron chi connectivity index (χ4n) is 4.29. The number of carbonyl (C=O) groups is 1. The molecular formula is C26H31N9O2. The second-order valence-corrected chi connectivity index (χ2v) is 10.4. The van der Waals surface area contributed by atoms with Crippen LogP contribution < -0.4 is 10.6 Å². The lowest BCUT2D eigenvalue weighted by Gasteiger charge is -2.19. The quantitative estimate of drug-likeness (QED) is 0.371. The van der Waals surface area contributed by atoms with Crippen molar-refractivity contribution >= 4 is 17.5 Å². The summed E-state index contributed by atoms with van der Waals surface area (Å²) in [6.07, 6.45) is 4.27. The molecule has 3 N–H and O–H groups in total. The molecule has 1 aromatic carbocycles. The standard InChI is InChI=1S/C26H31N9O2/c1-15-21(13-28-32-15)31-25-27-10-8-19(30-25)16-6-7-18-17(12-16)14-35(5)11-9-20(18)29-22(36)23-33-34-24(37-23)26(2,3)4/h6-8,10,12-13,20H,9,11,14H2,1-5H3,(H,28,32)(H,29,36)(H,27,30,31)/t20-/m1/s1. The van der Waals surface area contributed by atoms with E-state index in [1.165, 1.54) is 0 Å². The number of anilines is 2. The number of aryl methyl sites for hydroxylation is 1. The van der Waals surface area contributed by atoms with Crippen molar-refractivity contribution in [2.24, 2.45) is 0 Å². The number of H-pyrrole nitrogens is 1. The molecule has 0 radical (unpaired) electrons. The number of nitrogens with zero attached hydrogens (tertiary/aromatic N) is 6. The molecule has 11 nitrogen and oxygen atoms in total. The summed E-state index contributed by atoms with van der Waals surface area (Å²) in [6, 6.07) is 7.94. The minimum absolute atomic E-state index is 0.0189. The van der Waals surface area contributed by atoms with Crippen LogP contribution in [0.4, 0.5) is 11.6 Å². The van der Waals surface area contributed by atoms with E-state index in [0.717, 1.165) is 53.3 Å². The maximum Gasteiger partial charge on any atom is 0.309 e. The molecule has 0 unspecified atom stereocenters. The van der Waals surface area contributed by atoms with Gasteiger partial charge in [0.25, 0.3) is 0 Å². The summed E-state index contributed by atoms with van der Waals surface area (Å²) < 4.78 is 5.65. The number of hydrogen-bond acceptors (Lipinski definition) is 9. The molecular weight excluding hydrogens is 470 g/mol. The van der Waals surface area contributed by atoms with Crippen molar-refractivity contribution in [3.63, 3.8) is 0 Å². The van der Waals surface area contributed by atoms with Gasteiger partial charge in [0.2, 0.25) is 11.8 Å². The van der Waals surface area contributed by atoms with Crippen LogP contribution in [-0.4, -0.2) is 54.8 Å². The van der Waals surface area contributed by atoms with Gasteiger partial charge in [0.1, 0.15) is 0 Å². The number of aromatic amines is 1. The molecule has 11 heteroatoms. The predicted octanol–water partition coefficient (Wildman–Crippen LogP) is 3.91. The van der Waals surface area contributed by atoms with E-state index >= 15 is 0 Å². The Hall–Kier alpha value is -4.12. The molecule has 0 fully saturated rings. The van der Waals surface area contributed by atoms with Crippen LogP contribution in [0.15, 0.2) is 41.1 Å². The molecule has 1 aliphatic rings. The summed E-state index contributed by atoms with van der Waals surface area (Å²) in [5.74, 6) is 0.543. The van der Waals surface area contributed by atoms with Crippen LogP contribution >= 0.6 is 0 Å². The highest BCUT2D eigenvalue weighted by molar-refractivity contribution is 5.89. The van der Waals surface area contributed by atoms with Gasteiger partial charge in [-0.1, -0.05) is 32.9 Å². The van der Waals surface area contributed by atoms with Gasteiger partial charge in [-0.25, -0.2) is 9.97 Å². The van der Waals surface area contributed by atoms with Gasteiger partial charge < -0.3 is 20.0 Å².